The zero-order valence-corrected chi connectivity index (χ0v) is 10.4. The monoisotopic (exact) mass is 219 g/mol. The van der Waals surface area contributed by atoms with E-state index in [2.05, 4.69) is 12.2 Å². The highest BCUT2D eigenvalue weighted by Crippen LogP contribution is 2.10. The lowest BCUT2D eigenvalue weighted by Gasteiger charge is -2.14. The SMILES string of the molecule is CCCC[C@H](NC)C(=O)c1ccc(C)cc1. The first-order valence-electron chi connectivity index (χ1n) is 5.97. The van der Waals surface area contributed by atoms with Crippen molar-refractivity contribution in [2.24, 2.45) is 0 Å². The molecule has 0 fully saturated rings. The average molecular weight is 219 g/mol. The third kappa shape index (κ3) is 3.46. The number of hydrogen-bond acceptors (Lipinski definition) is 2. The summed E-state index contributed by atoms with van der Waals surface area (Å²) in [5.41, 5.74) is 1.99. The van der Waals surface area contributed by atoms with Crippen molar-refractivity contribution in [3.63, 3.8) is 0 Å². The number of rotatable bonds is 6. The number of unbranched alkanes of at least 4 members (excludes halogenated alkanes) is 1. The summed E-state index contributed by atoms with van der Waals surface area (Å²) in [6, 6.07) is 7.75. The van der Waals surface area contributed by atoms with Crippen LogP contribution in [0.2, 0.25) is 0 Å². The summed E-state index contributed by atoms with van der Waals surface area (Å²) in [5.74, 6) is 0.205. The summed E-state index contributed by atoms with van der Waals surface area (Å²) in [6.07, 6.45) is 3.13. The molecule has 16 heavy (non-hydrogen) atoms. The molecule has 2 heteroatoms. The first kappa shape index (κ1) is 12.9. The maximum atomic E-state index is 12.1. The van der Waals surface area contributed by atoms with Gasteiger partial charge in [-0.2, -0.15) is 0 Å². The number of nitrogens with one attached hydrogen (secondary N) is 1. The van der Waals surface area contributed by atoms with Crippen molar-refractivity contribution in [1.29, 1.82) is 0 Å². The minimum atomic E-state index is -0.0392. The van der Waals surface area contributed by atoms with Gasteiger partial charge in [0.1, 0.15) is 0 Å². The van der Waals surface area contributed by atoms with Gasteiger partial charge < -0.3 is 5.32 Å². The molecule has 0 amide bonds. The molecule has 0 heterocycles. The number of likely N-dealkylation sites (N-methyl/N-ethyl adjacent to an activating group) is 1. The second-order valence-electron chi connectivity index (χ2n) is 4.21. The number of benzene rings is 1. The number of carbonyl (C=O) groups excluding carboxylic acids is 1. The number of ketones is 1. The van der Waals surface area contributed by atoms with Crippen LogP contribution in [-0.2, 0) is 0 Å². The number of carbonyl (C=O) groups is 1. The van der Waals surface area contributed by atoms with E-state index < -0.39 is 0 Å². The van der Waals surface area contributed by atoms with Gasteiger partial charge in [0.05, 0.1) is 6.04 Å². The summed E-state index contributed by atoms with van der Waals surface area (Å²) in [5, 5.41) is 3.10. The molecule has 88 valence electrons. The van der Waals surface area contributed by atoms with E-state index in [9.17, 15) is 4.79 Å². The molecule has 0 aliphatic carbocycles. The summed E-state index contributed by atoms with van der Waals surface area (Å²) >= 11 is 0. The van der Waals surface area contributed by atoms with E-state index in [0.29, 0.717) is 0 Å². The Balaban J connectivity index is 2.70. The van der Waals surface area contributed by atoms with E-state index in [1.807, 2.05) is 38.2 Å². The molecular formula is C14H21NO. The molecule has 0 aliphatic rings. The molecule has 0 aromatic heterocycles. The van der Waals surface area contributed by atoms with E-state index in [-0.39, 0.29) is 11.8 Å². The lowest BCUT2D eigenvalue weighted by atomic mass is 9.99. The maximum Gasteiger partial charge on any atom is 0.179 e. The summed E-state index contributed by atoms with van der Waals surface area (Å²) < 4.78 is 0. The fourth-order valence-corrected chi connectivity index (χ4v) is 1.73. The molecule has 1 atom stereocenters. The van der Waals surface area contributed by atoms with E-state index in [0.717, 1.165) is 24.8 Å². The zero-order chi connectivity index (χ0) is 12.0. The van der Waals surface area contributed by atoms with Crippen LogP contribution < -0.4 is 5.32 Å². The Bertz CT molecular complexity index is 329. The van der Waals surface area contributed by atoms with Gasteiger partial charge in [0.15, 0.2) is 5.78 Å². The van der Waals surface area contributed by atoms with Crippen LogP contribution >= 0.6 is 0 Å². The average Bonchev–Trinajstić information content (AvgIpc) is 2.30. The molecule has 2 nitrogen and oxygen atoms in total. The van der Waals surface area contributed by atoms with Crippen molar-refractivity contribution < 1.29 is 4.79 Å². The molecule has 0 bridgehead atoms. The Morgan fingerprint density at radius 1 is 1.31 bits per heavy atom. The second-order valence-corrected chi connectivity index (χ2v) is 4.21. The first-order chi connectivity index (χ1) is 7.69. The summed E-state index contributed by atoms with van der Waals surface area (Å²) in [6.45, 7) is 4.17. The predicted octanol–water partition coefficient (Wildman–Crippen LogP) is 2.96. The normalized spacial score (nSPS) is 12.4. The highest BCUT2D eigenvalue weighted by atomic mass is 16.1. The summed E-state index contributed by atoms with van der Waals surface area (Å²) in [7, 11) is 1.85. The fraction of sp³-hybridized carbons (Fsp3) is 0.500. The van der Waals surface area contributed by atoms with Crippen LogP contribution in [0, 0.1) is 6.92 Å². The third-order valence-corrected chi connectivity index (χ3v) is 2.85. The van der Waals surface area contributed by atoms with Gasteiger partial charge in [-0.15, -0.1) is 0 Å². The van der Waals surface area contributed by atoms with Gasteiger partial charge in [-0.05, 0) is 20.4 Å². The lowest BCUT2D eigenvalue weighted by molar-refractivity contribution is 0.0941. The molecule has 0 unspecified atom stereocenters. The second kappa shape index (κ2) is 6.44. The van der Waals surface area contributed by atoms with Gasteiger partial charge in [-0.25, -0.2) is 0 Å². The smallest absolute Gasteiger partial charge is 0.179 e. The molecule has 1 aromatic rings. The van der Waals surface area contributed by atoms with E-state index in [4.69, 9.17) is 0 Å². The molecule has 0 saturated carbocycles. The van der Waals surface area contributed by atoms with Gasteiger partial charge in [-0.3, -0.25) is 4.79 Å². The first-order valence-corrected chi connectivity index (χ1v) is 5.97. The van der Waals surface area contributed by atoms with Crippen LogP contribution in [0.4, 0.5) is 0 Å². The molecule has 0 aliphatic heterocycles. The molecular weight excluding hydrogens is 198 g/mol. The Morgan fingerprint density at radius 3 is 2.44 bits per heavy atom. The highest BCUT2D eigenvalue weighted by molar-refractivity contribution is 6.00. The topological polar surface area (TPSA) is 29.1 Å². The quantitative estimate of drug-likeness (QED) is 0.745. The Labute approximate surface area is 98.1 Å². The fourth-order valence-electron chi connectivity index (χ4n) is 1.73. The number of Topliss-reactive ketones (excluding diaryl/α,β-unsaturated/α-hetero) is 1. The largest absolute Gasteiger partial charge is 0.310 e. The summed E-state index contributed by atoms with van der Waals surface area (Å²) in [4.78, 5) is 12.1. The van der Waals surface area contributed by atoms with E-state index >= 15 is 0 Å². The number of hydrogen-bond donors (Lipinski definition) is 1. The molecule has 0 saturated heterocycles. The van der Waals surface area contributed by atoms with E-state index in [1.165, 1.54) is 5.56 Å². The van der Waals surface area contributed by atoms with Crippen molar-refractivity contribution >= 4 is 5.78 Å². The van der Waals surface area contributed by atoms with Crippen molar-refractivity contribution in [2.45, 2.75) is 39.2 Å². The van der Waals surface area contributed by atoms with Crippen LogP contribution in [0.1, 0.15) is 42.1 Å². The van der Waals surface area contributed by atoms with Crippen LogP contribution in [0.3, 0.4) is 0 Å². The molecule has 0 radical (unpaired) electrons. The van der Waals surface area contributed by atoms with Crippen LogP contribution in [0.15, 0.2) is 24.3 Å². The van der Waals surface area contributed by atoms with Gasteiger partial charge in [0, 0.05) is 5.56 Å². The maximum absolute atomic E-state index is 12.1. The third-order valence-electron chi connectivity index (χ3n) is 2.85. The van der Waals surface area contributed by atoms with Crippen LogP contribution in [-0.4, -0.2) is 18.9 Å². The molecule has 1 N–H and O–H groups in total. The Hall–Kier alpha value is -1.15. The van der Waals surface area contributed by atoms with Crippen molar-refractivity contribution in [2.75, 3.05) is 7.05 Å². The van der Waals surface area contributed by atoms with Crippen LogP contribution in [0.5, 0.6) is 0 Å². The lowest BCUT2D eigenvalue weighted by Crippen LogP contribution is -2.33. The van der Waals surface area contributed by atoms with Gasteiger partial charge in [0.2, 0.25) is 0 Å². The molecule has 1 rings (SSSR count). The Kier molecular flexibility index (Phi) is 5.20. The minimum Gasteiger partial charge on any atom is -0.310 e. The zero-order valence-electron chi connectivity index (χ0n) is 10.4. The van der Waals surface area contributed by atoms with E-state index in [1.54, 1.807) is 0 Å². The predicted molar refractivity (Wildman–Crippen MR) is 67.9 cm³/mol. The van der Waals surface area contributed by atoms with Gasteiger partial charge >= 0.3 is 0 Å². The molecule has 0 spiro atoms. The van der Waals surface area contributed by atoms with Gasteiger partial charge in [-0.1, -0.05) is 49.6 Å². The molecule has 1 aromatic carbocycles. The van der Waals surface area contributed by atoms with Crippen molar-refractivity contribution in [1.82, 2.24) is 5.32 Å². The van der Waals surface area contributed by atoms with Gasteiger partial charge in [0.25, 0.3) is 0 Å². The van der Waals surface area contributed by atoms with Crippen molar-refractivity contribution in [3.05, 3.63) is 35.4 Å². The van der Waals surface area contributed by atoms with Crippen molar-refractivity contribution in [3.8, 4) is 0 Å². The highest BCUT2D eigenvalue weighted by Gasteiger charge is 2.16. The minimum absolute atomic E-state index is 0.0392. The standard InChI is InChI=1S/C14H21NO/c1-4-5-6-13(15-3)14(16)12-9-7-11(2)8-10-12/h7-10,13,15H,4-6H2,1-3H3/t13-/m0/s1. The number of aryl methyl sites for hydroxylation is 1. The van der Waals surface area contributed by atoms with Crippen LogP contribution in [0.25, 0.3) is 0 Å². The Morgan fingerprint density at radius 2 is 1.94 bits per heavy atom.